The average Bonchev–Trinajstić information content (AvgIpc) is 2.55. The fourth-order valence-electron chi connectivity index (χ4n) is 3.44. The van der Waals surface area contributed by atoms with Gasteiger partial charge in [0.2, 0.25) is 5.91 Å². The van der Waals surface area contributed by atoms with Gasteiger partial charge in [0.25, 0.3) is 5.91 Å². The van der Waals surface area contributed by atoms with Gasteiger partial charge in [0.1, 0.15) is 5.70 Å². The second-order valence-corrected chi connectivity index (χ2v) is 7.71. The summed E-state index contributed by atoms with van der Waals surface area (Å²) in [6, 6.07) is 7.43. The lowest BCUT2D eigenvalue weighted by molar-refractivity contribution is -0.130. The smallest absolute Gasteiger partial charge is 0.271 e. The fourth-order valence-corrected chi connectivity index (χ4v) is 3.71. The van der Waals surface area contributed by atoms with E-state index in [1.807, 2.05) is 29.2 Å². The largest absolute Gasteiger partial charge is 0.337 e. The van der Waals surface area contributed by atoms with Crippen molar-refractivity contribution in [2.24, 2.45) is 11.8 Å². The Labute approximate surface area is 150 Å². The Morgan fingerprint density at radius 2 is 1.79 bits per heavy atom. The summed E-state index contributed by atoms with van der Waals surface area (Å²) in [4.78, 5) is 26.9. The van der Waals surface area contributed by atoms with Crippen LogP contribution in [0.1, 0.15) is 26.7 Å². The van der Waals surface area contributed by atoms with Crippen LogP contribution in [0.15, 0.2) is 40.5 Å². The van der Waals surface area contributed by atoms with Crippen LogP contribution in [-0.4, -0.2) is 29.8 Å². The molecule has 2 atom stereocenters. The van der Waals surface area contributed by atoms with E-state index in [0.717, 1.165) is 29.7 Å². The van der Waals surface area contributed by atoms with E-state index in [0.29, 0.717) is 17.5 Å². The predicted octanol–water partition coefficient (Wildman–Crippen LogP) is 3.08. The lowest BCUT2D eigenvalue weighted by atomic mass is 9.91. The first-order chi connectivity index (χ1) is 11.4. The zero-order chi connectivity index (χ0) is 17.3. The average molecular weight is 392 g/mol. The molecule has 0 aliphatic carbocycles. The SMILES string of the molecule is C[C@@H]1C[C@@H](C)CN(C(=O)C2=CCC(=O)N(c3ccc(Br)cc3)N2)C1. The molecule has 1 saturated heterocycles. The van der Waals surface area contributed by atoms with Crippen LogP contribution in [0.4, 0.5) is 5.69 Å². The van der Waals surface area contributed by atoms with Gasteiger partial charge < -0.3 is 4.90 Å². The van der Waals surface area contributed by atoms with Crippen molar-refractivity contribution in [1.29, 1.82) is 0 Å². The van der Waals surface area contributed by atoms with Gasteiger partial charge in [0.05, 0.1) is 5.69 Å². The molecular weight excluding hydrogens is 370 g/mol. The summed E-state index contributed by atoms with van der Waals surface area (Å²) < 4.78 is 0.943. The molecule has 6 heteroatoms. The molecule has 1 fully saturated rings. The van der Waals surface area contributed by atoms with Gasteiger partial charge in [-0.05, 0) is 48.6 Å². The number of hydrogen-bond donors (Lipinski definition) is 1. The Morgan fingerprint density at radius 1 is 1.17 bits per heavy atom. The van der Waals surface area contributed by atoms with E-state index in [4.69, 9.17) is 0 Å². The number of carbonyl (C=O) groups excluding carboxylic acids is 2. The molecule has 2 heterocycles. The molecule has 0 radical (unpaired) electrons. The quantitative estimate of drug-likeness (QED) is 0.842. The van der Waals surface area contributed by atoms with Crippen molar-refractivity contribution >= 4 is 33.4 Å². The Morgan fingerprint density at radius 3 is 2.42 bits per heavy atom. The molecule has 2 amide bonds. The molecule has 1 aromatic rings. The van der Waals surface area contributed by atoms with E-state index < -0.39 is 0 Å². The molecule has 0 aromatic heterocycles. The maximum atomic E-state index is 12.8. The van der Waals surface area contributed by atoms with Gasteiger partial charge in [-0.25, -0.2) is 5.01 Å². The number of likely N-dealkylation sites (tertiary alicyclic amines) is 1. The van der Waals surface area contributed by atoms with Crippen molar-refractivity contribution in [3.05, 3.63) is 40.5 Å². The van der Waals surface area contributed by atoms with Crippen molar-refractivity contribution in [1.82, 2.24) is 10.3 Å². The summed E-state index contributed by atoms with van der Waals surface area (Å²) in [5, 5.41) is 1.45. The van der Waals surface area contributed by atoms with Gasteiger partial charge in [-0.2, -0.15) is 0 Å². The number of hydrogen-bond acceptors (Lipinski definition) is 3. The van der Waals surface area contributed by atoms with Gasteiger partial charge in [-0.3, -0.25) is 15.0 Å². The van der Waals surface area contributed by atoms with Crippen LogP contribution >= 0.6 is 15.9 Å². The number of nitrogens with zero attached hydrogens (tertiary/aromatic N) is 2. The van der Waals surface area contributed by atoms with Crippen molar-refractivity contribution in [2.45, 2.75) is 26.7 Å². The standard InChI is InChI=1S/C18H22BrN3O2/c1-12-9-13(2)11-21(10-12)18(24)16-7-8-17(23)22(20-16)15-5-3-14(19)4-6-15/h3-7,12-13,20H,8-11H2,1-2H3/t12-,13-/m1/s1. The third-order valence-electron chi connectivity index (χ3n) is 4.43. The maximum Gasteiger partial charge on any atom is 0.271 e. The zero-order valence-electron chi connectivity index (χ0n) is 14.0. The normalized spacial score (nSPS) is 24.5. The van der Waals surface area contributed by atoms with E-state index in [9.17, 15) is 9.59 Å². The Balaban J connectivity index is 1.75. The van der Waals surface area contributed by atoms with Crippen LogP contribution in [0, 0.1) is 11.8 Å². The minimum atomic E-state index is -0.0748. The lowest BCUT2D eigenvalue weighted by Gasteiger charge is -2.37. The highest BCUT2D eigenvalue weighted by molar-refractivity contribution is 9.10. The third-order valence-corrected chi connectivity index (χ3v) is 4.96. The summed E-state index contributed by atoms with van der Waals surface area (Å²) in [5.41, 5.74) is 4.21. The van der Waals surface area contributed by atoms with Crippen LogP contribution < -0.4 is 10.4 Å². The first-order valence-corrected chi connectivity index (χ1v) is 9.08. The molecule has 5 nitrogen and oxygen atoms in total. The van der Waals surface area contributed by atoms with Crippen LogP contribution in [0.3, 0.4) is 0 Å². The molecule has 1 aromatic carbocycles. The number of nitrogens with one attached hydrogen (secondary N) is 1. The number of halogens is 1. The van der Waals surface area contributed by atoms with Gasteiger partial charge in [-0.1, -0.05) is 29.8 Å². The van der Waals surface area contributed by atoms with Gasteiger partial charge in [-0.15, -0.1) is 0 Å². The maximum absolute atomic E-state index is 12.8. The highest BCUT2D eigenvalue weighted by Gasteiger charge is 2.30. The van der Waals surface area contributed by atoms with Crippen molar-refractivity contribution in [3.8, 4) is 0 Å². The Kier molecular flexibility index (Phi) is 4.94. The topological polar surface area (TPSA) is 52.7 Å². The van der Waals surface area contributed by atoms with Crippen molar-refractivity contribution in [2.75, 3.05) is 18.1 Å². The van der Waals surface area contributed by atoms with Gasteiger partial charge >= 0.3 is 0 Å². The van der Waals surface area contributed by atoms with Crippen molar-refractivity contribution in [3.63, 3.8) is 0 Å². The van der Waals surface area contributed by atoms with E-state index in [-0.39, 0.29) is 18.2 Å². The molecule has 0 bridgehead atoms. The van der Waals surface area contributed by atoms with E-state index in [2.05, 4.69) is 35.2 Å². The second kappa shape index (κ2) is 6.97. The summed E-state index contributed by atoms with van der Waals surface area (Å²) in [6.45, 7) is 5.90. The van der Waals surface area contributed by atoms with Crippen LogP contribution in [0.25, 0.3) is 0 Å². The monoisotopic (exact) mass is 391 g/mol. The minimum absolute atomic E-state index is 0.0250. The number of piperidine rings is 1. The summed E-state index contributed by atoms with van der Waals surface area (Å²) in [7, 11) is 0. The number of amides is 2. The molecule has 2 aliphatic heterocycles. The van der Waals surface area contributed by atoms with Crippen LogP contribution in [0.5, 0.6) is 0 Å². The Hall–Kier alpha value is -1.82. The highest BCUT2D eigenvalue weighted by Crippen LogP contribution is 2.24. The van der Waals surface area contributed by atoms with Gasteiger partial charge in [0.15, 0.2) is 0 Å². The molecule has 0 unspecified atom stereocenters. The number of benzene rings is 1. The first kappa shape index (κ1) is 17.0. The first-order valence-electron chi connectivity index (χ1n) is 8.28. The number of rotatable bonds is 2. The highest BCUT2D eigenvalue weighted by atomic mass is 79.9. The number of hydrazine groups is 1. The summed E-state index contributed by atoms with van der Waals surface area (Å²) >= 11 is 3.39. The molecular formula is C18H22BrN3O2. The van der Waals surface area contributed by atoms with E-state index in [1.165, 1.54) is 5.01 Å². The number of anilines is 1. The predicted molar refractivity (Wildman–Crippen MR) is 97.0 cm³/mol. The minimum Gasteiger partial charge on any atom is -0.337 e. The van der Waals surface area contributed by atoms with Gasteiger partial charge in [0, 0.05) is 24.0 Å². The molecule has 2 aliphatic rings. The number of carbonyl (C=O) groups is 2. The second-order valence-electron chi connectivity index (χ2n) is 6.80. The molecule has 0 saturated carbocycles. The fraction of sp³-hybridized carbons (Fsp3) is 0.444. The van der Waals surface area contributed by atoms with E-state index >= 15 is 0 Å². The Bertz CT molecular complexity index is 661. The van der Waals surface area contributed by atoms with Crippen LogP contribution in [0.2, 0.25) is 0 Å². The zero-order valence-corrected chi connectivity index (χ0v) is 15.5. The van der Waals surface area contributed by atoms with Crippen molar-refractivity contribution < 1.29 is 9.59 Å². The summed E-state index contributed by atoms with van der Waals surface area (Å²) in [6.07, 6.45) is 3.08. The molecule has 128 valence electrons. The molecule has 0 spiro atoms. The molecule has 24 heavy (non-hydrogen) atoms. The third kappa shape index (κ3) is 3.64. The molecule has 3 rings (SSSR count). The lowest BCUT2D eigenvalue weighted by Crippen LogP contribution is -2.51. The van der Waals surface area contributed by atoms with E-state index in [1.54, 1.807) is 6.08 Å². The summed E-state index contributed by atoms with van der Waals surface area (Å²) in [5.74, 6) is 0.912. The van der Waals surface area contributed by atoms with Crippen LogP contribution in [-0.2, 0) is 9.59 Å². The molecule has 1 N–H and O–H groups in total.